The van der Waals surface area contributed by atoms with Crippen molar-refractivity contribution in [3.63, 3.8) is 0 Å². The molecule has 136 valence electrons. The van der Waals surface area contributed by atoms with Crippen LogP contribution in [0.3, 0.4) is 0 Å². The van der Waals surface area contributed by atoms with E-state index in [9.17, 15) is 13.2 Å². The van der Waals surface area contributed by atoms with Crippen molar-refractivity contribution in [1.29, 1.82) is 0 Å². The van der Waals surface area contributed by atoms with Crippen LogP contribution in [-0.4, -0.2) is 33.4 Å². The Bertz CT molecular complexity index is 1000. The fraction of sp³-hybridized carbons (Fsp3) is 0.278. The average Bonchev–Trinajstić information content (AvgIpc) is 3.15. The van der Waals surface area contributed by atoms with Crippen molar-refractivity contribution >= 4 is 27.3 Å². The maximum Gasteiger partial charge on any atom is 0.255 e. The molecule has 2 aliphatic rings. The summed E-state index contributed by atoms with van der Waals surface area (Å²) in [6.45, 7) is 2.03. The summed E-state index contributed by atoms with van der Waals surface area (Å²) in [7, 11) is -3.35. The fourth-order valence-corrected chi connectivity index (χ4v) is 4.69. The number of carbonyl (C=O) groups is 1. The van der Waals surface area contributed by atoms with Crippen molar-refractivity contribution in [2.24, 2.45) is 0 Å². The fourth-order valence-electron chi connectivity index (χ4n) is 3.43. The predicted octanol–water partition coefficient (Wildman–Crippen LogP) is 2.38. The third-order valence-corrected chi connectivity index (χ3v) is 5.75. The molecule has 1 amide bonds. The van der Waals surface area contributed by atoms with Crippen LogP contribution >= 0.6 is 0 Å². The summed E-state index contributed by atoms with van der Waals surface area (Å²) in [5, 5.41) is 2.83. The van der Waals surface area contributed by atoms with Gasteiger partial charge in [-0.15, -0.1) is 0 Å². The average molecular weight is 374 g/mol. The Kier molecular flexibility index (Phi) is 3.80. The van der Waals surface area contributed by atoms with E-state index in [1.54, 1.807) is 36.4 Å². The first kappa shape index (κ1) is 16.7. The molecule has 1 N–H and O–H groups in total. The lowest BCUT2D eigenvalue weighted by Crippen LogP contribution is -2.34. The Balaban J connectivity index is 1.58. The number of rotatable bonds is 3. The molecule has 4 rings (SSSR count). The van der Waals surface area contributed by atoms with Crippen LogP contribution in [0.2, 0.25) is 0 Å². The van der Waals surface area contributed by atoms with E-state index in [1.165, 1.54) is 10.6 Å². The molecular formula is C18H18N2O5S. The molecule has 2 aliphatic heterocycles. The number of anilines is 2. The van der Waals surface area contributed by atoms with E-state index in [2.05, 4.69) is 5.32 Å². The second-order valence-electron chi connectivity index (χ2n) is 6.48. The number of fused-ring (bicyclic) bond motifs is 2. The van der Waals surface area contributed by atoms with Crippen molar-refractivity contribution in [3.8, 4) is 11.5 Å². The second kappa shape index (κ2) is 5.91. The molecule has 2 aromatic carbocycles. The largest absolute Gasteiger partial charge is 0.454 e. The second-order valence-corrected chi connectivity index (χ2v) is 8.34. The highest BCUT2D eigenvalue weighted by Crippen LogP contribution is 2.36. The van der Waals surface area contributed by atoms with Gasteiger partial charge in [-0.2, -0.15) is 0 Å². The normalized spacial score (nSPS) is 17.9. The summed E-state index contributed by atoms with van der Waals surface area (Å²) >= 11 is 0. The van der Waals surface area contributed by atoms with Gasteiger partial charge in [-0.25, -0.2) is 8.42 Å². The number of hydrogen-bond acceptors (Lipinski definition) is 5. The van der Waals surface area contributed by atoms with Gasteiger partial charge in [0.05, 0.1) is 11.9 Å². The van der Waals surface area contributed by atoms with Gasteiger partial charge in [-0.05, 0) is 49.2 Å². The van der Waals surface area contributed by atoms with Crippen LogP contribution in [0.1, 0.15) is 22.8 Å². The van der Waals surface area contributed by atoms with Crippen molar-refractivity contribution in [2.45, 2.75) is 19.4 Å². The zero-order chi connectivity index (χ0) is 18.5. The number of ether oxygens (including phenoxy) is 2. The summed E-state index contributed by atoms with van der Waals surface area (Å²) in [5.41, 5.74) is 2.57. The van der Waals surface area contributed by atoms with Crippen LogP contribution in [0.25, 0.3) is 0 Å². The Morgan fingerprint density at radius 1 is 1.15 bits per heavy atom. The number of nitrogens with one attached hydrogen (secondary N) is 1. The SMILES string of the molecule is C[C@H]1Cc2cc(C(=O)Nc3ccc4c(c3)OCO4)ccc2N1S(C)(=O)=O. The van der Waals surface area contributed by atoms with Crippen LogP contribution in [0.15, 0.2) is 36.4 Å². The molecule has 0 fully saturated rings. The van der Waals surface area contributed by atoms with Crippen molar-refractivity contribution in [3.05, 3.63) is 47.5 Å². The first-order valence-electron chi connectivity index (χ1n) is 8.16. The zero-order valence-corrected chi connectivity index (χ0v) is 15.2. The molecule has 0 unspecified atom stereocenters. The van der Waals surface area contributed by atoms with E-state index >= 15 is 0 Å². The minimum Gasteiger partial charge on any atom is -0.454 e. The smallest absolute Gasteiger partial charge is 0.255 e. The summed E-state index contributed by atoms with van der Waals surface area (Å²) < 4.78 is 35.9. The van der Waals surface area contributed by atoms with Crippen LogP contribution in [0, 0.1) is 0 Å². The van der Waals surface area contributed by atoms with Crippen LogP contribution in [-0.2, 0) is 16.4 Å². The molecule has 0 saturated heterocycles. The Morgan fingerprint density at radius 3 is 2.69 bits per heavy atom. The van der Waals surface area contributed by atoms with Crippen LogP contribution < -0.4 is 19.1 Å². The molecule has 2 heterocycles. The maximum atomic E-state index is 12.6. The number of amides is 1. The topological polar surface area (TPSA) is 84.9 Å². The lowest BCUT2D eigenvalue weighted by atomic mass is 10.1. The van der Waals surface area contributed by atoms with Gasteiger partial charge in [0.1, 0.15) is 0 Å². The first-order chi connectivity index (χ1) is 12.3. The van der Waals surface area contributed by atoms with E-state index in [-0.39, 0.29) is 18.7 Å². The molecule has 7 nitrogen and oxygen atoms in total. The van der Waals surface area contributed by atoms with Crippen molar-refractivity contribution in [1.82, 2.24) is 0 Å². The molecule has 2 aromatic rings. The zero-order valence-electron chi connectivity index (χ0n) is 14.4. The van der Waals surface area contributed by atoms with Gasteiger partial charge in [0, 0.05) is 23.4 Å². The lowest BCUT2D eigenvalue weighted by Gasteiger charge is -2.21. The van der Waals surface area contributed by atoms with Crippen molar-refractivity contribution in [2.75, 3.05) is 22.7 Å². The monoisotopic (exact) mass is 374 g/mol. The molecule has 0 aromatic heterocycles. The van der Waals surface area contributed by atoms with Crippen LogP contribution in [0.4, 0.5) is 11.4 Å². The summed E-state index contributed by atoms with van der Waals surface area (Å²) in [4.78, 5) is 12.6. The predicted molar refractivity (Wildman–Crippen MR) is 97.4 cm³/mol. The van der Waals surface area contributed by atoms with E-state index < -0.39 is 10.0 Å². The van der Waals surface area contributed by atoms with Gasteiger partial charge in [0.2, 0.25) is 16.8 Å². The van der Waals surface area contributed by atoms with Gasteiger partial charge >= 0.3 is 0 Å². The van der Waals surface area contributed by atoms with Gasteiger partial charge < -0.3 is 14.8 Å². The number of carbonyl (C=O) groups excluding carboxylic acids is 1. The highest BCUT2D eigenvalue weighted by atomic mass is 32.2. The van der Waals surface area contributed by atoms with E-state index in [0.717, 1.165) is 5.56 Å². The molecular weight excluding hydrogens is 356 g/mol. The van der Waals surface area contributed by atoms with Gasteiger partial charge in [-0.3, -0.25) is 9.10 Å². The Morgan fingerprint density at radius 2 is 1.92 bits per heavy atom. The molecule has 0 spiro atoms. The maximum absolute atomic E-state index is 12.6. The van der Waals surface area contributed by atoms with E-state index in [4.69, 9.17) is 9.47 Å². The molecule has 0 bridgehead atoms. The molecule has 0 aliphatic carbocycles. The van der Waals surface area contributed by atoms with E-state index in [1.807, 2.05) is 6.92 Å². The van der Waals surface area contributed by atoms with Crippen molar-refractivity contribution < 1.29 is 22.7 Å². The number of sulfonamides is 1. The van der Waals surface area contributed by atoms with Gasteiger partial charge in [0.25, 0.3) is 5.91 Å². The molecule has 0 saturated carbocycles. The minimum atomic E-state index is -3.35. The summed E-state index contributed by atoms with van der Waals surface area (Å²) in [5.74, 6) is 0.974. The number of hydrogen-bond donors (Lipinski definition) is 1. The summed E-state index contributed by atoms with van der Waals surface area (Å²) in [6, 6.07) is 10.1. The molecule has 26 heavy (non-hydrogen) atoms. The number of nitrogens with zero attached hydrogens (tertiary/aromatic N) is 1. The Hall–Kier alpha value is -2.74. The molecule has 8 heteroatoms. The highest BCUT2D eigenvalue weighted by molar-refractivity contribution is 7.92. The first-order valence-corrected chi connectivity index (χ1v) is 10.0. The quantitative estimate of drug-likeness (QED) is 0.892. The standard InChI is InChI=1S/C18H18N2O5S/c1-11-7-13-8-12(3-5-15(13)20(11)26(2,22)23)18(21)19-14-4-6-16-17(9-14)25-10-24-16/h3-6,8-9,11H,7,10H2,1-2H3,(H,19,21)/t11-/m0/s1. The Labute approximate surface area is 151 Å². The number of benzene rings is 2. The van der Waals surface area contributed by atoms with Gasteiger partial charge in [-0.1, -0.05) is 0 Å². The summed E-state index contributed by atoms with van der Waals surface area (Å²) in [6.07, 6.45) is 1.77. The lowest BCUT2D eigenvalue weighted by molar-refractivity contribution is 0.102. The third-order valence-electron chi connectivity index (χ3n) is 4.48. The molecule has 1 atom stereocenters. The minimum absolute atomic E-state index is 0.160. The highest BCUT2D eigenvalue weighted by Gasteiger charge is 2.32. The van der Waals surface area contributed by atoms with Gasteiger partial charge in [0.15, 0.2) is 11.5 Å². The molecule has 0 radical (unpaired) electrons. The third kappa shape index (κ3) is 2.86. The van der Waals surface area contributed by atoms with E-state index in [0.29, 0.717) is 34.9 Å². The van der Waals surface area contributed by atoms with Crippen LogP contribution in [0.5, 0.6) is 11.5 Å².